The molecule has 132 valence electrons. The van der Waals surface area contributed by atoms with Crippen LogP contribution in [0.5, 0.6) is 0 Å². The van der Waals surface area contributed by atoms with Crippen molar-refractivity contribution in [3.63, 3.8) is 0 Å². The minimum absolute atomic E-state index is 0.182. The van der Waals surface area contributed by atoms with Crippen molar-refractivity contribution in [2.45, 2.75) is 64.4 Å². The molecule has 4 aliphatic rings. The van der Waals surface area contributed by atoms with Gasteiger partial charge in [0.05, 0.1) is 12.2 Å². The van der Waals surface area contributed by atoms with E-state index in [-0.39, 0.29) is 5.41 Å². The molecule has 3 heteroatoms. The summed E-state index contributed by atoms with van der Waals surface area (Å²) >= 11 is 0. The second kappa shape index (κ2) is 6.46. The van der Waals surface area contributed by atoms with Crippen LogP contribution in [0.4, 0.5) is 0 Å². The van der Waals surface area contributed by atoms with Gasteiger partial charge in [0.25, 0.3) is 0 Å². The van der Waals surface area contributed by atoms with Gasteiger partial charge in [0.2, 0.25) is 0 Å². The third kappa shape index (κ3) is 2.63. The molecule has 0 N–H and O–H groups in total. The van der Waals surface area contributed by atoms with Crippen molar-refractivity contribution in [3.05, 3.63) is 11.6 Å². The second-order valence-corrected chi connectivity index (χ2v) is 8.95. The summed E-state index contributed by atoms with van der Waals surface area (Å²) in [5, 5.41) is 9.51. The molecule has 0 amide bonds. The number of hydrogen-bond donors (Lipinski definition) is 0. The zero-order valence-electron chi connectivity index (χ0n) is 15.2. The summed E-state index contributed by atoms with van der Waals surface area (Å²) in [5.41, 5.74) is 1.27. The van der Waals surface area contributed by atoms with E-state index in [2.05, 4.69) is 19.1 Å². The van der Waals surface area contributed by atoms with Crippen LogP contribution < -0.4 is 0 Å². The molecule has 4 rings (SSSR count). The summed E-state index contributed by atoms with van der Waals surface area (Å²) in [5.74, 6) is 4.22. The Morgan fingerprint density at radius 3 is 2.83 bits per heavy atom. The van der Waals surface area contributed by atoms with E-state index in [9.17, 15) is 5.26 Å². The zero-order valence-corrected chi connectivity index (χ0v) is 15.2. The van der Waals surface area contributed by atoms with Crippen LogP contribution in [0.25, 0.3) is 0 Å². The lowest BCUT2D eigenvalue weighted by Crippen LogP contribution is -2.46. The van der Waals surface area contributed by atoms with Crippen molar-refractivity contribution in [1.29, 1.82) is 5.26 Å². The highest BCUT2D eigenvalue weighted by atomic mass is 16.7. The van der Waals surface area contributed by atoms with Gasteiger partial charge in [-0.2, -0.15) is 5.26 Å². The first kappa shape index (κ1) is 16.6. The Labute approximate surface area is 146 Å². The summed E-state index contributed by atoms with van der Waals surface area (Å²) in [6.45, 7) is 2.81. The van der Waals surface area contributed by atoms with Crippen LogP contribution in [0.15, 0.2) is 11.6 Å². The molecule has 0 aromatic rings. The Morgan fingerprint density at radius 2 is 2.04 bits per heavy atom. The highest BCUT2D eigenvalue weighted by Gasteiger charge is 2.53. The summed E-state index contributed by atoms with van der Waals surface area (Å²) in [6.07, 6.45) is 12.9. The topological polar surface area (TPSA) is 42.2 Å². The van der Waals surface area contributed by atoms with E-state index >= 15 is 0 Å². The lowest BCUT2D eigenvalue weighted by Gasteiger charge is -2.54. The van der Waals surface area contributed by atoms with Gasteiger partial charge < -0.3 is 9.47 Å². The maximum atomic E-state index is 9.51. The molecule has 0 aliphatic heterocycles. The predicted molar refractivity (Wildman–Crippen MR) is 92.9 cm³/mol. The molecule has 0 saturated heterocycles. The molecule has 0 aromatic heterocycles. The Balaban J connectivity index is 1.44. The Kier molecular flexibility index (Phi) is 4.47. The molecule has 0 radical (unpaired) electrons. The maximum absolute atomic E-state index is 9.51. The first-order valence-electron chi connectivity index (χ1n) is 9.87. The minimum Gasteiger partial charge on any atom is -0.359 e. The third-order valence-electron chi connectivity index (χ3n) is 7.98. The van der Waals surface area contributed by atoms with E-state index < -0.39 is 0 Å². The third-order valence-corrected chi connectivity index (χ3v) is 7.98. The van der Waals surface area contributed by atoms with Crippen molar-refractivity contribution in [3.8, 4) is 6.07 Å². The van der Waals surface area contributed by atoms with E-state index in [1.165, 1.54) is 44.9 Å². The van der Waals surface area contributed by atoms with E-state index in [1.54, 1.807) is 7.11 Å². The highest BCUT2D eigenvalue weighted by molar-refractivity contribution is 5.35. The van der Waals surface area contributed by atoms with Crippen LogP contribution in [0.3, 0.4) is 0 Å². The van der Waals surface area contributed by atoms with Gasteiger partial charge >= 0.3 is 0 Å². The van der Waals surface area contributed by atoms with E-state index in [4.69, 9.17) is 9.47 Å². The van der Waals surface area contributed by atoms with Crippen molar-refractivity contribution in [1.82, 2.24) is 0 Å². The van der Waals surface area contributed by atoms with Crippen LogP contribution in [0, 0.1) is 46.3 Å². The number of nitriles is 1. The monoisotopic (exact) mass is 329 g/mol. The smallest absolute Gasteiger partial charge is 0.146 e. The van der Waals surface area contributed by atoms with Crippen LogP contribution in [-0.4, -0.2) is 20.0 Å². The molecule has 7 atom stereocenters. The summed E-state index contributed by atoms with van der Waals surface area (Å²) < 4.78 is 11.0. The van der Waals surface area contributed by atoms with Crippen LogP contribution >= 0.6 is 0 Å². The standard InChI is InChI=1S/C21H31NO2/c1-21-8-7-15-9-16-10-18(24-13-23-2)5-3-14(16)11-19(15)20(21)6-4-17(21)12-22/h4,14-16,18-20H,3,5-11,13H2,1-2H3/t14-,15+,16+,18-,19+,20-,21+/m1/s1. The Hall–Kier alpha value is -0.850. The van der Waals surface area contributed by atoms with Crippen molar-refractivity contribution < 1.29 is 9.47 Å². The van der Waals surface area contributed by atoms with Gasteiger partial charge in [0.1, 0.15) is 6.79 Å². The molecule has 24 heavy (non-hydrogen) atoms. The number of nitrogens with zero attached hydrogens (tertiary/aromatic N) is 1. The normalized spacial score (nSPS) is 47.1. The molecule has 0 aromatic carbocycles. The quantitative estimate of drug-likeness (QED) is 0.706. The highest BCUT2D eigenvalue weighted by Crippen LogP contribution is 2.61. The summed E-state index contributed by atoms with van der Waals surface area (Å²) in [4.78, 5) is 0. The van der Waals surface area contributed by atoms with Crippen molar-refractivity contribution in [2.75, 3.05) is 13.9 Å². The maximum Gasteiger partial charge on any atom is 0.146 e. The number of hydrogen-bond acceptors (Lipinski definition) is 3. The number of rotatable bonds is 3. The van der Waals surface area contributed by atoms with Crippen molar-refractivity contribution in [2.24, 2.45) is 35.0 Å². The van der Waals surface area contributed by atoms with Gasteiger partial charge in [0, 0.05) is 18.1 Å². The van der Waals surface area contributed by atoms with Gasteiger partial charge in [-0.15, -0.1) is 0 Å². The molecule has 0 spiro atoms. The zero-order chi connectivity index (χ0) is 16.7. The Bertz CT molecular complexity index is 551. The van der Waals surface area contributed by atoms with E-state index in [0.29, 0.717) is 12.9 Å². The average molecular weight is 329 g/mol. The van der Waals surface area contributed by atoms with E-state index in [0.717, 1.165) is 41.6 Å². The summed E-state index contributed by atoms with van der Waals surface area (Å²) in [7, 11) is 1.71. The SMILES string of the molecule is COCO[C@@H]1CC[C@@H]2C[C@H]3[C@@H](CC[C@@]4(C)C(C#N)=CC[C@H]34)C[C@H]2C1. The van der Waals surface area contributed by atoms with Crippen LogP contribution in [0.2, 0.25) is 0 Å². The number of methoxy groups -OCH3 is 1. The molecule has 0 heterocycles. The lowest BCUT2D eigenvalue weighted by molar-refractivity contribution is -0.110. The predicted octanol–water partition coefficient (Wildman–Crippen LogP) is 4.69. The number of ether oxygens (including phenoxy) is 2. The molecule has 0 bridgehead atoms. The fraction of sp³-hybridized carbons (Fsp3) is 0.857. The molecular formula is C21H31NO2. The van der Waals surface area contributed by atoms with Gasteiger partial charge in [-0.05, 0) is 81.0 Å². The molecular weight excluding hydrogens is 298 g/mol. The molecule has 3 fully saturated rings. The molecule has 3 saturated carbocycles. The largest absolute Gasteiger partial charge is 0.359 e. The first-order valence-corrected chi connectivity index (χ1v) is 9.87. The fourth-order valence-corrected chi connectivity index (χ4v) is 6.69. The van der Waals surface area contributed by atoms with Gasteiger partial charge in [-0.1, -0.05) is 13.0 Å². The molecule has 4 aliphatic carbocycles. The first-order chi connectivity index (χ1) is 11.7. The second-order valence-electron chi connectivity index (χ2n) is 8.95. The summed E-state index contributed by atoms with van der Waals surface area (Å²) in [6, 6.07) is 2.51. The van der Waals surface area contributed by atoms with Gasteiger partial charge in [-0.3, -0.25) is 0 Å². The average Bonchev–Trinajstić information content (AvgIpc) is 2.95. The van der Waals surface area contributed by atoms with Gasteiger partial charge in [0.15, 0.2) is 0 Å². The lowest BCUT2D eigenvalue weighted by atomic mass is 9.51. The minimum atomic E-state index is 0.182. The Morgan fingerprint density at radius 1 is 1.17 bits per heavy atom. The molecule has 0 unspecified atom stereocenters. The van der Waals surface area contributed by atoms with Gasteiger partial charge in [-0.25, -0.2) is 0 Å². The number of fused-ring (bicyclic) bond motifs is 4. The van der Waals surface area contributed by atoms with Crippen LogP contribution in [0.1, 0.15) is 58.3 Å². The fourth-order valence-electron chi connectivity index (χ4n) is 6.69. The van der Waals surface area contributed by atoms with Crippen LogP contribution in [-0.2, 0) is 9.47 Å². The number of allylic oxidation sites excluding steroid dienone is 2. The van der Waals surface area contributed by atoms with E-state index in [1.807, 2.05) is 0 Å². The molecule has 3 nitrogen and oxygen atoms in total. The van der Waals surface area contributed by atoms with Crippen molar-refractivity contribution >= 4 is 0 Å².